The molecule has 0 saturated carbocycles. The van der Waals surface area contributed by atoms with E-state index in [4.69, 9.17) is 16.3 Å². The second-order valence-electron chi connectivity index (χ2n) is 9.56. The highest BCUT2D eigenvalue weighted by Gasteiger charge is 2.35. The van der Waals surface area contributed by atoms with E-state index in [0.717, 1.165) is 43.4 Å². The van der Waals surface area contributed by atoms with Gasteiger partial charge in [0.25, 0.3) is 0 Å². The van der Waals surface area contributed by atoms with E-state index in [2.05, 4.69) is 31.8 Å². The fourth-order valence-corrected chi connectivity index (χ4v) is 4.80. The van der Waals surface area contributed by atoms with Gasteiger partial charge in [0.2, 0.25) is 0 Å². The van der Waals surface area contributed by atoms with Crippen LogP contribution in [0.4, 0.5) is 4.39 Å². The highest BCUT2D eigenvalue weighted by molar-refractivity contribution is 6.34. The Morgan fingerprint density at radius 3 is 2.63 bits per heavy atom. The van der Waals surface area contributed by atoms with Crippen LogP contribution in [0.1, 0.15) is 50.2 Å². The lowest BCUT2D eigenvalue weighted by molar-refractivity contribution is 0.109. The van der Waals surface area contributed by atoms with E-state index < -0.39 is 17.3 Å². The van der Waals surface area contributed by atoms with Crippen molar-refractivity contribution in [3.63, 3.8) is 0 Å². The second kappa shape index (κ2) is 11.8. The van der Waals surface area contributed by atoms with Crippen LogP contribution in [0.15, 0.2) is 36.8 Å². The Hall–Kier alpha value is -2.97. The van der Waals surface area contributed by atoms with Gasteiger partial charge in [0.1, 0.15) is 22.8 Å². The van der Waals surface area contributed by atoms with Crippen molar-refractivity contribution in [2.75, 3.05) is 13.1 Å². The third-order valence-electron chi connectivity index (χ3n) is 6.59. The van der Waals surface area contributed by atoms with Crippen LogP contribution in [0.2, 0.25) is 5.02 Å². The smallest absolute Gasteiger partial charge is 0.159 e. The van der Waals surface area contributed by atoms with Crippen LogP contribution in [-0.2, 0) is 0 Å². The number of hydrogen-bond acceptors (Lipinski definition) is 7. The minimum Gasteiger partial charge on any atom is -0.480 e. The van der Waals surface area contributed by atoms with Crippen molar-refractivity contribution in [2.45, 2.75) is 45.8 Å². The molecule has 0 aromatic carbocycles. The van der Waals surface area contributed by atoms with Crippen molar-refractivity contribution >= 4 is 41.9 Å². The minimum absolute atomic E-state index is 0. The van der Waals surface area contributed by atoms with E-state index >= 15 is 0 Å². The molecule has 0 radical (unpaired) electrons. The average Bonchev–Trinajstić information content (AvgIpc) is 3.46. The number of fused-ring (bicyclic) bond motifs is 1. The summed E-state index contributed by atoms with van der Waals surface area (Å²) in [6.07, 6.45) is 5.65. The van der Waals surface area contributed by atoms with Gasteiger partial charge in [-0.05, 0) is 64.9 Å². The molecule has 1 aliphatic heterocycles. The minimum atomic E-state index is -0.988. The van der Waals surface area contributed by atoms with Gasteiger partial charge in [-0.1, -0.05) is 16.8 Å². The van der Waals surface area contributed by atoms with Gasteiger partial charge in [-0.15, -0.1) is 29.9 Å². The number of aromatic nitrogens is 6. The van der Waals surface area contributed by atoms with Crippen LogP contribution in [0.25, 0.3) is 16.8 Å². The molecule has 202 valence electrons. The molecule has 0 aliphatic carbocycles. The zero-order valence-electron chi connectivity index (χ0n) is 21.1. The van der Waals surface area contributed by atoms with Gasteiger partial charge in [-0.25, -0.2) is 13.6 Å². The zero-order valence-corrected chi connectivity index (χ0v) is 23.4. The number of ether oxygens (including phenoxy) is 1. The molecular weight excluding hydrogens is 554 g/mol. The Bertz CT molecular complexity index is 1440. The number of halogens is 4. The van der Waals surface area contributed by atoms with Crippen molar-refractivity contribution in [3.05, 3.63) is 59.0 Å². The van der Waals surface area contributed by atoms with Gasteiger partial charge >= 0.3 is 0 Å². The zero-order chi connectivity index (χ0) is 25.4. The van der Waals surface area contributed by atoms with Crippen molar-refractivity contribution < 1.29 is 9.13 Å². The highest BCUT2D eigenvalue weighted by atomic mass is 35.5. The number of nitrogens with zero attached hydrogens (tertiary/aromatic N) is 7. The molecule has 0 bridgehead atoms. The molecule has 38 heavy (non-hydrogen) atoms. The van der Waals surface area contributed by atoms with Gasteiger partial charge in [0, 0.05) is 11.8 Å². The number of hydrogen-bond donors (Lipinski definition) is 1. The van der Waals surface area contributed by atoms with Gasteiger partial charge in [0.05, 0.1) is 46.3 Å². The van der Waals surface area contributed by atoms with Gasteiger partial charge in [-0.3, -0.25) is 4.98 Å². The fourth-order valence-electron chi connectivity index (χ4n) is 4.58. The van der Waals surface area contributed by atoms with Gasteiger partial charge in [0.15, 0.2) is 6.10 Å². The third kappa shape index (κ3) is 5.57. The van der Waals surface area contributed by atoms with Crippen LogP contribution >= 0.6 is 36.4 Å². The lowest BCUT2D eigenvalue weighted by Crippen LogP contribution is -2.30. The Labute approximate surface area is 237 Å². The highest BCUT2D eigenvalue weighted by Crippen LogP contribution is 2.40. The number of nitrogens with one attached hydrogen (secondary N) is 1. The summed E-state index contributed by atoms with van der Waals surface area (Å²) in [6.45, 7) is 7.39. The largest absolute Gasteiger partial charge is 0.480 e. The van der Waals surface area contributed by atoms with Gasteiger partial charge < -0.3 is 10.1 Å². The van der Waals surface area contributed by atoms with Crippen LogP contribution < -0.4 is 10.1 Å². The standard InChI is InChI=1S/C25H26ClFN8O.2ClH/c1-15-22(32-33-35(15)18-6-8-29-9-7-18)16-10-21(23-19(26)12-31-34(23)13-16)36-24(25(2,3)14-28)20-5-4-17(27)11-30-20;;/h4-5,10-13,18,24,29H,6-9H2,1-3H3;2*1H. The predicted molar refractivity (Wildman–Crippen MR) is 147 cm³/mol. The van der Waals surface area contributed by atoms with Crippen LogP contribution in [0.3, 0.4) is 0 Å². The molecule has 1 saturated heterocycles. The molecule has 5 heterocycles. The maximum Gasteiger partial charge on any atom is 0.159 e. The Morgan fingerprint density at radius 1 is 1.24 bits per heavy atom. The molecule has 1 aliphatic rings. The Balaban J connectivity index is 0.00000200. The quantitative estimate of drug-likeness (QED) is 0.319. The van der Waals surface area contributed by atoms with Crippen LogP contribution in [-0.4, -0.2) is 42.7 Å². The van der Waals surface area contributed by atoms with E-state index in [0.29, 0.717) is 27.7 Å². The second-order valence-corrected chi connectivity index (χ2v) is 9.97. The van der Waals surface area contributed by atoms with Crippen molar-refractivity contribution in [2.24, 2.45) is 5.41 Å². The molecule has 13 heteroatoms. The van der Waals surface area contributed by atoms with Crippen LogP contribution in [0.5, 0.6) is 5.75 Å². The third-order valence-corrected chi connectivity index (χ3v) is 6.87. The van der Waals surface area contributed by atoms with Crippen molar-refractivity contribution in [1.82, 2.24) is 34.9 Å². The lowest BCUT2D eigenvalue weighted by atomic mass is 9.86. The molecule has 1 fully saturated rings. The molecule has 9 nitrogen and oxygen atoms in total. The molecule has 0 spiro atoms. The van der Waals surface area contributed by atoms with Crippen molar-refractivity contribution in [1.29, 1.82) is 5.26 Å². The summed E-state index contributed by atoms with van der Waals surface area (Å²) in [7, 11) is 0. The average molecular weight is 582 g/mol. The molecule has 4 aromatic heterocycles. The predicted octanol–water partition coefficient (Wildman–Crippen LogP) is 5.53. The summed E-state index contributed by atoms with van der Waals surface area (Å²) in [5, 5.41) is 27.0. The summed E-state index contributed by atoms with van der Waals surface area (Å²) >= 11 is 6.48. The molecule has 1 unspecified atom stereocenters. The van der Waals surface area contributed by atoms with E-state index in [1.165, 1.54) is 18.3 Å². The summed E-state index contributed by atoms with van der Waals surface area (Å²) in [5.74, 6) is -0.0620. The fraction of sp³-hybridized carbons (Fsp3) is 0.400. The summed E-state index contributed by atoms with van der Waals surface area (Å²) in [4.78, 5) is 4.19. The van der Waals surface area contributed by atoms with Gasteiger partial charge in [-0.2, -0.15) is 10.4 Å². The first-order chi connectivity index (χ1) is 17.3. The molecule has 0 amide bonds. The summed E-state index contributed by atoms with van der Waals surface area (Å²) in [6, 6.07) is 7.22. The molecule has 4 aromatic rings. The molecular formula is C25H28Cl3FN8O. The Kier molecular flexibility index (Phi) is 9.21. The topological polar surface area (TPSA) is 106 Å². The van der Waals surface area contributed by atoms with E-state index in [9.17, 15) is 9.65 Å². The van der Waals surface area contributed by atoms with Crippen LogP contribution in [0, 0.1) is 29.5 Å². The van der Waals surface area contributed by atoms with E-state index in [1.54, 1.807) is 18.4 Å². The summed E-state index contributed by atoms with van der Waals surface area (Å²) in [5.41, 5.74) is 2.39. The number of piperidine rings is 1. The molecule has 5 rings (SSSR count). The lowest BCUT2D eigenvalue weighted by Gasteiger charge is -2.28. The van der Waals surface area contributed by atoms with E-state index in [1.807, 2.05) is 23.9 Å². The number of pyridine rings is 2. The monoisotopic (exact) mass is 580 g/mol. The molecule has 1 atom stereocenters. The number of nitriles is 1. The number of rotatable bonds is 6. The van der Waals surface area contributed by atoms with Crippen molar-refractivity contribution in [3.8, 4) is 23.1 Å². The Morgan fingerprint density at radius 2 is 1.97 bits per heavy atom. The summed E-state index contributed by atoms with van der Waals surface area (Å²) < 4.78 is 23.6. The normalized spacial score (nSPS) is 14.8. The first-order valence-corrected chi connectivity index (χ1v) is 12.2. The first-order valence-electron chi connectivity index (χ1n) is 11.8. The first kappa shape index (κ1) is 29.6. The maximum absolute atomic E-state index is 13.6. The molecule has 1 N–H and O–H groups in total. The SMILES string of the molecule is Cc1c(-c2cc(OC(c3ccc(F)cn3)C(C)(C)C#N)c3c(Cl)cnn3c2)nnn1C1CCNCC1.Cl.Cl. The maximum atomic E-state index is 13.6. The van der Waals surface area contributed by atoms with E-state index in [-0.39, 0.29) is 30.9 Å².